The van der Waals surface area contributed by atoms with E-state index >= 15 is 0 Å². The lowest BCUT2D eigenvalue weighted by atomic mass is 9.65. The van der Waals surface area contributed by atoms with Gasteiger partial charge in [-0.15, -0.1) is 0 Å². The summed E-state index contributed by atoms with van der Waals surface area (Å²) in [7, 11) is 1.87. The largest absolute Gasteiger partial charge is 0.302 e. The fourth-order valence-electron chi connectivity index (χ4n) is 5.54. The van der Waals surface area contributed by atoms with E-state index in [2.05, 4.69) is 48.5 Å². The minimum absolute atomic E-state index is 0.126. The molecular weight excluding hydrogens is 320 g/mol. The lowest BCUT2D eigenvalue weighted by Crippen LogP contribution is -2.49. The van der Waals surface area contributed by atoms with Crippen molar-refractivity contribution in [1.82, 2.24) is 4.90 Å². The zero-order valence-corrected chi connectivity index (χ0v) is 15.5. The maximum Gasteiger partial charge on any atom is 0.260 e. The smallest absolute Gasteiger partial charge is 0.260 e. The summed E-state index contributed by atoms with van der Waals surface area (Å²) >= 11 is 0. The first-order chi connectivity index (χ1) is 12.6. The molecule has 0 saturated heterocycles. The molecule has 0 saturated carbocycles. The molecule has 2 aromatic rings. The van der Waals surface area contributed by atoms with Crippen LogP contribution in [0, 0.1) is 5.41 Å². The van der Waals surface area contributed by atoms with Crippen LogP contribution >= 0.6 is 0 Å². The molecule has 132 valence electrons. The van der Waals surface area contributed by atoms with Crippen molar-refractivity contribution in [3.8, 4) is 0 Å². The van der Waals surface area contributed by atoms with Crippen molar-refractivity contribution < 1.29 is 4.79 Å². The van der Waals surface area contributed by atoms with Crippen LogP contribution in [-0.4, -0.2) is 23.7 Å². The number of hydrogen-bond donors (Lipinski definition) is 0. The van der Waals surface area contributed by atoms with Gasteiger partial charge in [-0.2, -0.15) is 0 Å². The van der Waals surface area contributed by atoms with Crippen LogP contribution in [0.4, 0.5) is 0 Å². The standard InChI is InChI=1S/C23H24N2O/c1-16-24-23(21(26)25(16)2)20-10-6-5-9-19(20)15-22(23)13-11-17-7-3-4-8-18(17)12-14-22/h3-10H,11-15H2,1-2H3. The Kier molecular flexibility index (Phi) is 3.22. The molecule has 26 heavy (non-hydrogen) atoms. The van der Waals surface area contributed by atoms with Gasteiger partial charge in [0.2, 0.25) is 0 Å². The van der Waals surface area contributed by atoms with Crippen LogP contribution in [0.15, 0.2) is 53.5 Å². The average Bonchev–Trinajstić information content (AvgIpc) is 2.96. The number of hydrogen-bond acceptors (Lipinski definition) is 2. The normalized spacial score (nSPS) is 26.0. The molecular formula is C23H24N2O. The summed E-state index contributed by atoms with van der Waals surface area (Å²) in [6, 6.07) is 17.2. The van der Waals surface area contributed by atoms with E-state index in [0.29, 0.717) is 0 Å². The quantitative estimate of drug-likeness (QED) is 0.713. The Morgan fingerprint density at radius 3 is 2.08 bits per heavy atom. The molecule has 2 spiro atoms. The number of carbonyl (C=O) groups excluding carboxylic acids is 1. The molecule has 1 atom stereocenters. The number of fused-ring (bicyclic) bond motifs is 4. The van der Waals surface area contributed by atoms with Gasteiger partial charge in [0.15, 0.2) is 5.54 Å². The summed E-state index contributed by atoms with van der Waals surface area (Å²) in [6.07, 6.45) is 5.02. The fourth-order valence-corrected chi connectivity index (χ4v) is 5.54. The number of likely N-dealkylation sites (N-methyl/N-ethyl adjacent to an activating group) is 1. The monoisotopic (exact) mass is 344 g/mol. The number of carbonyl (C=O) groups is 1. The Hall–Kier alpha value is -2.42. The van der Waals surface area contributed by atoms with E-state index in [0.717, 1.165) is 43.5 Å². The number of aryl methyl sites for hydroxylation is 2. The number of amides is 1. The molecule has 1 amide bonds. The van der Waals surface area contributed by atoms with Crippen LogP contribution in [0.2, 0.25) is 0 Å². The van der Waals surface area contributed by atoms with E-state index in [1.165, 1.54) is 16.7 Å². The van der Waals surface area contributed by atoms with Crippen LogP contribution in [0.5, 0.6) is 0 Å². The number of amidine groups is 1. The minimum atomic E-state index is -0.732. The summed E-state index contributed by atoms with van der Waals surface area (Å²) in [4.78, 5) is 20.4. The number of rotatable bonds is 0. The van der Waals surface area contributed by atoms with Crippen molar-refractivity contribution in [3.63, 3.8) is 0 Å². The molecule has 0 radical (unpaired) electrons. The third kappa shape index (κ3) is 1.83. The van der Waals surface area contributed by atoms with Crippen molar-refractivity contribution in [2.24, 2.45) is 10.4 Å². The second-order valence-corrected chi connectivity index (χ2v) is 8.12. The second kappa shape index (κ2) is 5.29. The van der Waals surface area contributed by atoms with Crippen molar-refractivity contribution in [2.75, 3.05) is 7.05 Å². The highest BCUT2D eigenvalue weighted by Gasteiger charge is 2.65. The van der Waals surface area contributed by atoms with E-state index in [9.17, 15) is 4.79 Å². The van der Waals surface area contributed by atoms with Gasteiger partial charge in [0, 0.05) is 12.5 Å². The van der Waals surface area contributed by atoms with Crippen molar-refractivity contribution in [3.05, 3.63) is 70.8 Å². The third-order valence-electron chi connectivity index (χ3n) is 7.00. The summed E-state index contributed by atoms with van der Waals surface area (Å²) in [5, 5.41) is 0. The third-order valence-corrected chi connectivity index (χ3v) is 7.00. The van der Waals surface area contributed by atoms with Crippen molar-refractivity contribution in [2.45, 2.75) is 44.6 Å². The van der Waals surface area contributed by atoms with Crippen molar-refractivity contribution in [1.29, 1.82) is 0 Å². The summed E-state index contributed by atoms with van der Waals surface area (Å²) in [5.74, 6) is 0.999. The van der Waals surface area contributed by atoms with E-state index < -0.39 is 5.54 Å². The molecule has 0 fully saturated rings. The molecule has 3 heteroatoms. The van der Waals surface area contributed by atoms with Crippen LogP contribution in [0.1, 0.15) is 42.0 Å². The van der Waals surface area contributed by atoms with Crippen LogP contribution in [-0.2, 0) is 29.6 Å². The Morgan fingerprint density at radius 1 is 0.923 bits per heavy atom. The topological polar surface area (TPSA) is 32.7 Å². The van der Waals surface area contributed by atoms with Crippen LogP contribution in [0.25, 0.3) is 0 Å². The predicted molar refractivity (Wildman–Crippen MR) is 103 cm³/mol. The van der Waals surface area contributed by atoms with E-state index in [4.69, 9.17) is 4.99 Å². The molecule has 1 heterocycles. The molecule has 1 unspecified atom stereocenters. The molecule has 0 bridgehead atoms. The summed E-state index contributed by atoms with van der Waals surface area (Å²) in [6.45, 7) is 1.97. The van der Waals surface area contributed by atoms with E-state index in [1.807, 2.05) is 14.0 Å². The van der Waals surface area contributed by atoms with Gasteiger partial charge in [0.25, 0.3) is 5.91 Å². The molecule has 0 N–H and O–H groups in total. The zero-order valence-electron chi connectivity index (χ0n) is 15.5. The van der Waals surface area contributed by atoms with E-state index in [1.54, 1.807) is 4.90 Å². The first-order valence-corrected chi connectivity index (χ1v) is 9.57. The first-order valence-electron chi connectivity index (χ1n) is 9.57. The van der Waals surface area contributed by atoms with Gasteiger partial charge >= 0.3 is 0 Å². The molecule has 2 aliphatic carbocycles. The predicted octanol–water partition coefficient (Wildman–Crippen LogP) is 3.89. The SMILES string of the molecule is CC1=NC2(C(=O)N1C)c1ccccc1CC21CCc2ccccc2CC1. The molecule has 3 aliphatic rings. The number of nitrogens with zero attached hydrogens (tertiary/aromatic N) is 2. The molecule has 2 aromatic carbocycles. The highest BCUT2D eigenvalue weighted by atomic mass is 16.2. The molecule has 5 rings (SSSR count). The lowest BCUT2D eigenvalue weighted by molar-refractivity contribution is -0.135. The van der Waals surface area contributed by atoms with Gasteiger partial charge in [-0.05, 0) is 61.3 Å². The maximum absolute atomic E-state index is 13.6. The lowest BCUT2D eigenvalue weighted by Gasteiger charge is -2.40. The number of aliphatic imine (C=N–C) groups is 1. The highest BCUT2D eigenvalue weighted by Crippen LogP contribution is 2.60. The van der Waals surface area contributed by atoms with E-state index in [-0.39, 0.29) is 11.3 Å². The van der Waals surface area contributed by atoms with Gasteiger partial charge in [0.05, 0.1) is 0 Å². The van der Waals surface area contributed by atoms with Gasteiger partial charge in [-0.25, -0.2) is 0 Å². The Labute approximate surface area is 154 Å². The maximum atomic E-state index is 13.6. The highest BCUT2D eigenvalue weighted by molar-refractivity contribution is 6.08. The van der Waals surface area contributed by atoms with Crippen LogP contribution in [0.3, 0.4) is 0 Å². The first kappa shape index (κ1) is 15.8. The van der Waals surface area contributed by atoms with Crippen molar-refractivity contribution >= 4 is 11.7 Å². The van der Waals surface area contributed by atoms with Gasteiger partial charge in [-0.3, -0.25) is 9.79 Å². The Bertz CT molecular complexity index is 918. The Morgan fingerprint density at radius 2 is 1.50 bits per heavy atom. The average molecular weight is 344 g/mol. The minimum Gasteiger partial charge on any atom is -0.302 e. The second-order valence-electron chi connectivity index (χ2n) is 8.12. The van der Waals surface area contributed by atoms with Gasteiger partial charge < -0.3 is 4.90 Å². The summed E-state index contributed by atoms with van der Waals surface area (Å²) < 4.78 is 0. The fraction of sp³-hybridized carbons (Fsp3) is 0.391. The Balaban J connectivity index is 1.69. The van der Waals surface area contributed by atoms with Crippen LogP contribution < -0.4 is 0 Å². The van der Waals surface area contributed by atoms with Gasteiger partial charge in [-0.1, -0.05) is 48.5 Å². The summed E-state index contributed by atoms with van der Waals surface area (Å²) in [5.41, 5.74) is 4.46. The molecule has 0 aromatic heterocycles. The number of benzene rings is 2. The zero-order chi connectivity index (χ0) is 17.9. The molecule has 1 aliphatic heterocycles. The molecule has 3 nitrogen and oxygen atoms in total. The van der Waals surface area contributed by atoms with Gasteiger partial charge in [0.1, 0.15) is 5.84 Å².